The van der Waals surface area contributed by atoms with Gasteiger partial charge >= 0.3 is 23.5 Å². The molecule has 0 saturated carbocycles. The molecule has 2 rings (SSSR count). The largest absolute Gasteiger partial charge is 0.455 e. The molecule has 6 nitrogen and oxygen atoms in total. The molecular formula is C18H14O6. The maximum atomic E-state index is 11.6. The van der Waals surface area contributed by atoms with E-state index in [-0.39, 0.29) is 13.2 Å². The lowest BCUT2D eigenvalue weighted by Crippen LogP contribution is -2.32. The van der Waals surface area contributed by atoms with Crippen LogP contribution in [0.25, 0.3) is 0 Å². The number of hydrogen-bond acceptors (Lipinski definition) is 6. The highest BCUT2D eigenvalue weighted by Crippen LogP contribution is 2.03. The summed E-state index contributed by atoms with van der Waals surface area (Å²) in [5, 5.41) is 0. The van der Waals surface area contributed by atoms with Crippen LogP contribution in [-0.2, 0) is 41.9 Å². The van der Waals surface area contributed by atoms with Gasteiger partial charge in [-0.05, 0) is 11.1 Å². The van der Waals surface area contributed by atoms with Crippen LogP contribution in [0.4, 0.5) is 0 Å². The van der Waals surface area contributed by atoms with Crippen molar-refractivity contribution in [2.24, 2.45) is 0 Å². The van der Waals surface area contributed by atoms with Gasteiger partial charge in [-0.25, -0.2) is 9.59 Å². The molecule has 2 aromatic carbocycles. The van der Waals surface area contributed by atoms with Crippen molar-refractivity contribution in [3.63, 3.8) is 0 Å². The summed E-state index contributed by atoms with van der Waals surface area (Å²) >= 11 is 0. The van der Waals surface area contributed by atoms with Gasteiger partial charge in [0.05, 0.1) is 0 Å². The van der Waals surface area contributed by atoms with Crippen molar-refractivity contribution < 1.29 is 28.7 Å². The van der Waals surface area contributed by atoms with E-state index >= 15 is 0 Å². The van der Waals surface area contributed by atoms with E-state index in [1.54, 1.807) is 60.7 Å². The summed E-state index contributed by atoms with van der Waals surface area (Å²) in [5.41, 5.74) is 1.30. The van der Waals surface area contributed by atoms with Crippen LogP contribution in [-0.4, -0.2) is 23.5 Å². The number of ether oxygens (including phenoxy) is 2. The highest BCUT2D eigenvalue weighted by Gasteiger charge is 2.31. The molecule has 0 bridgehead atoms. The third-order valence-corrected chi connectivity index (χ3v) is 3.00. The van der Waals surface area contributed by atoms with Crippen molar-refractivity contribution in [3.05, 3.63) is 71.8 Å². The van der Waals surface area contributed by atoms with Gasteiger partial charge in [-0.3, -0.25) is 9.59 Å². The zero-order valence-electron chi connectivity index (χ0n) is 12.6. The molecule has 0 aromatic heterocycles. The zero-order chi connectivity index (χ0) is 17.4. The third-order valence-electron chi connectivity index (χ3n) is 3.00. The van der Waals surface area contributed by atoms with Crippen LogP contribution in [0, 0.1) is 0 Å². The second kappa shape index (κ2) is 8.38. The minimum Gasteiger partial charge on any atom is -0.455 e. The first-order chi connectivity index (χ1) is 11.6. The van der Waals surface area contributed by atoms with E-state index in [0.717, 1.165) is 0 Å². The fourth-order valence-corrected chi connectivity index (χ4v) is 1.76. The number of carbonyl (C=O) groups excluding carboxylic acids is 4. The van der Waals surface area contributed by atoms with Crippen molar-refractivity contribution in [1.29, 1.82) is 0 Å². The molecule has 24 heavy (non-hydrogen) atoms. The Morgan fingerprint density at radius 2 is 0.917 bits per heavy atom. The van der Waals surface area contributed by atoms with E-state index in [4.69, 9.17) is 9.47 Å². The maximum absolute atomic E-state index is 11.6. The molecule has 6 heteroatoms. The van der Waals surface area contributed by atoms with Crippen molar-refractivity contribution in [3.8, 4) is 0 Å². The van der Waals surface area contributed by atoms with Gasteiger partial charge in [0.25, 0.3) is 0 Å². The predicted molar refractivity (Wildman–Crippen MR) is 82.5 cm³/mol. The van der Waals surface area contributed by atoms with Gasteiger partial charge in [0, 0.05) is 0 Å². The molecule has 0 saturated heterocycles. The quantitative estimate of drug-likeness (QED) is 0.436. The summed E-state index contributed by atoms with van der Waals surface area (Å²) in [5.74, 6) is -5.88. The van der Waals surface area contributed by atoms with Gasteiger partial charge in [-0.2, -0.15) is 0 Å². The average Bonchev–Trinajstić information content (AvgIpc) is 2.64. The Bertz CT molecular complexity index is 671. The van der Waals surface area contributed by atoms with Crippen LogP contribution in [0.3, 0.4) is 0 Å². The third kappa shape index (κ3) is 4.88. The van der Waals surface area contributed by atoms with Gasteiger partial charge in [0.1, 0.15) is 13.2 Å². The molecule has 0 radical (unpaired) electrons. The van der Waals surface area contributed by atoms with Gasteiger partial charge in [0.2, 0.25) is 0 Å². The highest BCUT2D eigenvalue weighted by atomic mass is 16.5. The molecule has 122 valence electrons. The molecule has 0 amide bonds. The smallest absolute Gasteiger partial charge is 0.383 e. The van der Waals surface area contributed by atoms with E-state index in [0.29, 0.717) is 11.1 Å². The number of ketones is 2. The maximum Gasteiger partial charge on any atom is 0.383 e. The number of benzene rings is 2. The Labute approximate surface area is 138 Å². The molecule has 0 aliphatic rings. The number of esters is 2. The molecule has 0 aliphatic carbocycles. The first kappa shape index (κ1) is 17.1. The van der Waals surface area contributed by atoms with Crippen LogP contribution in [0.2, 0.25) is 0 Å². The van der Waals surface area contributed by atoms with Crippen molar-refractivity contribution in [1.82, 2.24) is 0 Å². The average molecular weight is 326 g/mol. The minimum atomic E-state index is -1.55. The lowest BCUT2D eigenvalue weighted by molar-refractivity contribution is -0.164. The number of rotatable bonds is 7. The summed E-state index contributed by atoms with van der Waals surface area (Å²) in [6.45, 7) is -0.338. The fraction of sp³-hybridized carbons (Fsp3) is 0.111. The molecule has 0 heterocycles. The molecule has 2 aromatic rings. The number of carbonyl (C=O) groups is 4. The van der Waals surface area contributed by atoms with E-state index in [2.05, 4.69) is 0 Å². The van der Waals surface area contributed by atoms with Crippen LogP contribution >= 0.6 is 0 Å². The Balaban J connectivity index is 1.82. The van der Waals surface area contributed by atoms with Crippen LogP contribution < -0.4 is 0 Å². The number of Topliss-reactive ketones (excluding diaryl/α,β-unsaturated/α-hetero) is 2. The van der Waals surface area contributed by atoms with Gasteiger partial charge in [0.15, 0.2) is 0 Å². The van der Waals surface area contributed by atoms with E-state index in [1.165, 1.54) is 0 Å². The second-order valence-electron chi connectivity index (χ2n) is 4.78. The lowest BCUT2D eigenvalue weighted by Gasteiger charge is -2.05. The lowest BCUT2D eigenvalue weighted by atomic mass is 10.2. The Hall–Kier alpha value is -3.28. The molecular weight excluding hydrogens is 312 g/mol. The fourth-order valence-electron chi connectivity index (χ4n) is 1.76. The van der Waals surface area contributed by atoms with Crippen molar-refractivity contribution in [2.45, 2.75) is 13.2 Å². The SMILES string of the molecule is O=C(OCc1ccccc1)C(=O)C(=O)C(=O)OCc1ccccc1. The summed E-state index contributed by atoms with van der Waals surface area (Å²) in [6, 6.07) is 17.2. The van der Waals surface area contributed by atoms with Crippen LogP contribution in [0.1, 0.15) is 11.1 Å². The van der Waals surface area contributed by atoms with Gasteiger partial charge < -0.3 is 9.47 Å². The molecule has 0 atom stereocenters. The molecule has 0 fully saturated rings. The summed E-state index contributed by atoms with van der Waals surface area (Å²) in [7, 11) is 0. The Kier molecular flexibility index (Phi) is 5.96. The van der Waals surface area contributed by atoms with Gasteiger partial charge in [-0.1, -0.05) is 60.7 Å². The minimum absolute atomic E-state index is 0.169. The van der Waals surface area contributed by atoms with E-state index in [9.17, 15) is 19.2 Å². The van der Waals surface area contributed by atoms with E-state index < -0.39 is 23.5 Å². The molecule has 0 unspecified atom stereocenters. The highest BCUT2D eigenvalue weighted by molar-refractivity contribution is 6.76. The monoisotopic (exact) mass is 326 g/mol. The zero-order valence-corrected chi connectivity index (χ0v) is 12.6. The first-order valence-corrected chi connectivity index (χ1v) is 7.08. The summed E-state index contributed by atoms with van der Waals surface area (Å²) in [6.07, 6.45) is 0. The van der Waals surface area contributed by atoms with Crippen LogP contribution in [0.5, 0.6) is 0 Å². The topological polar surface area (TPSA) is 86.7 Å². The Morgan fingerprint density at radius 3 is 1.25 bits per heavy atom. The van der Waals surface area contributed by atoms with Gasteiger partial charge in [-0.15, -0.1) is 0 Å². The second-order valence-corrected chi connectivity index (χ2v) is 4.78. The molecule has 0 spiro atoms. The first-order valence-electron chi connectivity index (χ1n) is 7.08. The van der Waals surface area contributed by atoms with Crippen LogP contribution in [0.15, 0.2) is 60.7 Å². The van der Waals surface area contributed by atoms with E-state index in [1.807, 2.05) is 0 Å². The number of hydrogen-bond donors (Lipinski definition) is 0. The normalized spacial score (nSPS) is 9.83. The van der Waals surface area contributed by atoms with Crippen molar-refractivity contribution >= 4 is 23.5 Å². The summed E-state index contributed by atoms with van der Waals surface area (Å²) in [4.78, 5) is 46.3. The molecule has 0 aliphatic heterocycles. The predicted octanol–water partition coefficient (Wildman–Crippen LogP) is 1.61. The Morgan fingerprint density at radius 1 is 0.583 bits per heavy atom. The summed E-state index contributed by atoms with van der Waals surface area (Å²) < 4.78 is 9.41. The standard InChI is InChI=1S/C18H14O6/c19-15(17(21)23-11-13-7-3-1-4-8-13)16(20)18(22)24-12-14-9-5-2-6-10-14/h1-10H,11-12H2. The molecule has 0 N–H and O–H groups in total. The van der Waals surface area contributed by atoms with Crippen molar-refractivity contribution in [2.75, 3.05) is 0 Å².